The van der Waals surface area contributed by atoms with Crippen molar-refractivity contribution in [2.75, 3.05) is 5.32 Å². The summed E-state index contributed by atoms with van der Waals surface area (Å²) in [6.07, 6.45) is 3.11. The predicted molar refractivity (Wildman–Crippen MR) is 128 cm³/mol. The van der Waals surface area contributed by atoms with E-state index in [1.165, 1.54) is 6.08 Å². The zero-order valence-electron chi connectivity index (χ0n) is 16.6. The predicted octanol–water partition coefficient (Wildman–Crippen LogP) is 2.79. The van der Waals surface area contributed by atoms with Gasteiger partial charge in [0.15, 0.2) is 0 Å². The number of allylic oxidation sites excluding steroid dienone is 1. The van der Waals surface area contributed by atoms with E-state index in [0.29, 0.717) is 34.5 Å². The summed E-state index contributed by atoms with van der Waals surface area (Å²) in [4.78, 5) is 29.5. The summed E-state index contributed by atoms with van der Waals surface area (Å²) in [5.41, 5.74) is 1.02. The van der Waals surface area contributed by atoms with Crippen molar-refractivity contribution in [3.63, 3.8) is 0 Å². The summed E-state index contributed by atoms with van der Waals surface area (Å²) in [7, 11) is 0. The Balaban J connectivity index is 2.21. The molecule has 0 aliphatic rings. The van der Waals surface area contributed by atoms with Crippen molar-refractivity contribution in [1.29, 1.82) is 0 Å². The fraction of sp³-hybridized carbons (Fsp3) is 0.200. The van der Waals surface area contributed by atoms with Crippen LogP contribution >= 0.6 is 55.1 Å². The van der Waals surface area contributed by atoms with Crippen LogP contribution in [0.25, 0.3) is 0 Å². The van der Waals surface area contributed by atoms with Gasteiger partial charge in [0.1, 0.15) is 0 Å². The van der Waals surface area contributed by atoms with Gasteiger partial charge in [0.05, 0.1) is 0 Å². The zero-order valence-corrected chi connectivity index (χ0v) is 23.5. The molecule has 0 unspecified atom stereocenters. The van der Waals surface area contributed by atoms with Crippen molar-refractivity contribution < 1.29 is 31.1 Å². The number of halogens is 5. The summed E-state index contributed by atoms with van der Waals surface area (Å²) in [6.45, 7) is 5.33. The Morgan fingerprint density at radius 3 is 2.65 bits per heavy atom. The Labute approximate surface area is 218 Å². The number of carbonyl (C=O) groups excluding carboxylic acids is 2. The van der Waals surface area contributed by atoms with Gasteiger partial charge in [-0.2, -0.15) is 0 Å². The third kappa shape index (κ3) is 8.12. The van der Waals surface area contributed by atoms with Gasteiger partial charge in [-0.05, 0) is 0 Å². The van der Waals surface area contributed by atoms with Crippen molar-refractivity contribution in [2.45, 2.75) is 26.8 Å². The van der Waals surface area contributed by atoms with Gasteiger partial charge >= 0.3 is 220 Å². The normalized spacial score (nSPS) is 12.3. The molecule has 2 amide bonds. The zero-order chi connectivity index (χ0) is 23.1. The number of aromatic nitrogens is 1. The van der Waals surface area contributed by atoms with E-state index in [9.17, 15) is 9.59 Å². The van der Waals surface area contributed by atoms with E-state index in [1.807, 2.05) is 13.8 Å². The van der Waals surface area contributed by atoms with Crippen molar-refractivity contribution in [1.82, 2.24) is 10.3 Å². The second kappa shape index (κ2) is 12.3. The molecule has 2 rings (SSSR count). The molecule has 0 radical (unpaired) electrons. The van der Waals surface area contributed by atoms with E-state index in [-0.39, 0.29) is 17.1 Å². The molecule has 2 N–H and O–H groups in total. The molecule has 2 aromatic rings. The van der Waals surface area contributed by atoms with E-state index >= 15 is 0 Å². The van der Waals surface area contributed by atoms with E-state index in [1.54, 1.807) is 37.4 Å². The Hall–Kier alpha value is -1.01. The standard InChI is InChI=1S/C20H18Br2Cl2IN4O2/c1-10(2)27-20(31)13-8-12(21)9-14(22)17(13)28-19(30)11(3)7-16(24)29-25-18-15(23)5-4-6-26-18/h4-10H,1-3H3,(H,27,31)(H,28,30)/q-1/b11-7+,29-16?. The molecule has 0 spiro atoms. The maximum absolute atomic E-state index is 12.7. The molecule has 0 aliphatic carbocycles. The molecule has 31 heavy (non-hydrogen) atoms. The maximum atomic E-state index is 12.7. The molecule has 0 atom stereocenters. The van der Waals surface area contributed by atoms with Gasteiger partial charge in [-0.1, -0.05) is 0 Å². The van der Waals surface area contributed by atoms with Crippen LogP contribution in [0.4, 0.5) is 5.69 Å². The number of rotatable bonds is 7. The van der Waals surface area contributed by atoms with Crippen molar-refractivity contribution in [3.8, 4) is 0 Å². The third-order valence-corrected chi connectivity index (χ3v) is 7.83. The van der Waals surface area contributed by atoms with Gasteiger partial charge in [0.25, 0.3) is 0 Å². The quantitative estimate of drug-likeness (QED) is 0.202. The minimum absolute atomic E-state index is 0.0543. The molecule has 166 valence electrons. The Morgan fingerprint density at radius 2 is 2.00 bits per heavy atom. The van der Waals surface area contributed by atoms with Crippen LogP contribution in [0.5, 0.6) is 0 Å². The van der Waals surface area contributed by atoms with Crippen molar-refractivity contribution in [3.05, 3.63) is 65.3 Å². The van der Waals surface area contributed by atoms with Crippen LogP contribution in [0.3, 0.4) is 0 Å². The Bertz CT molecular complexity index is 1060. The second-order valence-electron chi connectivity index (χ2n) is 6.49. The number of nitrogens with one attached hydrogen (secondary N) is 2. The Morgan fingerprint density at radius 1 is 1.29 bits per heavy atom. The number of hydrogen-bond acceptors (Lipinski definition) is 4. The molecular formula is C20H18Br2Cl2IN4O2-. The average Bonchev–Trinajstić information content (AvgIpc) is 2.68. The van der Waals surface area contributed by atoms with E-state index in [4.69, 9.17) is 23.2 Å². The number of pyridine rings is 1. The summed E-state index contributed by atoms with van der Waals surface area (Å²) in [5.74, 6) is -0.713. The molecule has 1 aromatic heterocycles. The summed E-state index contributed by atoms with van der Waals surface area (Å²) in [5, 5.41) is 6.31. The number of amides is 2. The fourth-order valence-corrected chi connectivity index (χ4v) is 5.54. The van der Waals surface area contributed by atoms with Gasteiger partial charge in [0.2, 0.25) is 0 Å². The van der Waals surface area contributed by atoms with Gasteiger partial charge < -0.3 is 0 Å². The van der Waals surface area contributed by atoms with Crippen LogP contribution in [0.15, 0.2) is 54.3 Å². The summed E-state index contributed by atoms with van der Waals surface area (Å²) < 4.78 is 6.25. The number of carbonyl (C=O) groups is 2. The first kappa shape index (κ1) is 26.2. The average molecular weight is 704 g/mol. The van der Waals surface area contributed by atoms with Gasteiger partial charge in [0, 0.05) is 0 Å². The van der Waals surface area contributed by atoms with E-state index in [0.717, 1.165) is 0 Å². The van der Waals surface area contributed by atoms with E-state index in [2.05, 4.69) is 50.7 Å². The number of anilines is 1. The third-order valence-electron chi connectivity index (χ3n) is 3.57. The molecule has 6 nitrogen and oxygen atoms in total. The number of nitrogens with zero attached hydrogens (tertiary/aromatic N) is 2. The van der Waals surface area contributed by atoms with E-state index < -0.39 is 27.4 Å². The fourth-order valence-electron chi connectivity index (χ4n) is 2.21. The molecule has 1 heterocycles. The van der Waals surface area contributed by atoms with Crippen LogP contribution in [0.2, 0.25) is 5.02 Å². The first-order chi connectivity index (χ1) is 14.6. The molecule has 11 heteroatoms. The summed E-state index contributed by atoms with van der Waals surface area (Å²) in [6, 6.07) is 6.82. The summed E-state index contributed by atoms with van der Waals surface area (Å²) >= 11 is 18.2. The molecule has 1 aromatic carbocycles. The first-order valence-corrected chi connectivity index (χ1v) is 13.2. The molecular weight excluding hydrogens is 686 g/mol. The molecule has 0 fully saturated rings. The Kier molecular flexibility index (Phi) is 10.4. The van der Waals surface area contributed by atoms with Crippen LogP contribution in [-0.2, 0) is 4.79 Å². The van der Waals surface area contributed by atoms with Crippen LogP contribution in [-0.4, -0.2) is 28.0 Å². The van der Waals surface area contributed by atoms with Gasteiger partial charge in [-0.25, -0.2) is 0 Å². The van der Waals surface area contributed by atoms with Crippen LogP contribution in [0, 0.1) is 3.70 Å². The number of benzene rings is 1. The van der Waals surface area contributed by atoms with Crippen molar-refractivity contribution in [2.24, 2.45) is 3.21 Å². The SMILES string of the molecule is C/C(=C\C(Cl)=N[I-]c1ncccc1Cl)C(=O)Nc1c(Br)cc(Br)cc1C(=O)NC(C)C. The molecule has 0 saturated carbocycles. The molecule has 0 saturated heterocycles. The topological polar surface area (TPSA) is 83.5 Å². The minimum atomic E-state index is -0.897. The van der Waals surface area contributed by atoms with Crippen LogP contribution in [0.1, 0.15) is 31.1 Å². The van der Waals surface area contributed by atoms with Gasteiger partial charge in [-0.3, -0.25) is 0 Å². The number of hydrogen-bond donors (Lipinski definition) is 2. The van der Waals surface area contributed by atoms with Crippen molar-refractivity contribution >= 4 is 77.7 Å². The second-order valence-corrected chi connectivity index (χ2v) is 11.0. The molecule has 0 aliphatic heterocycles. The molecule has 0 bridgehead atoms. The van der Waals surface area contributed by atoms with Crippen LogP contribution < -0.4 is 32.1 Å². The monoisotopic (exact) mass is 701 g/mol. The van der Waals surface area contributed by atoms with Gasteiger partial charge in [-0.15, -0.1) is 0 Å². The first-order valence-electron chi connectivity index (χ1n) is 8.86.